The summed E-state index contributed by atoms with van der Waals surface area (Å²) >= 11 is 3.75. The fourth-order valence-corrected chi connectivity index (χ4v) is 3.82. The fourth-order valence-electron chi connectivity index (χ4n) is 2.96. The van der Waals surface area contributed by atoms with Gasteiger partial charge in [0.2, 0.25) is 5.95 Å². The highest BCUT2D eigenvalue weighted by molar-refractivity contribution is 9.09. The summed E-state index contributed by atoms with van der Waals surface area (Å²) in [4.78, 5) is 12.1. The van der Waals surface area contributed by atoms with Gasteiger partial charge in [-0.1, -0.05) is 15.9 Å². The normalized spacial score (nSPS) is 33.1. The molecule has 16 heavy (non-hydrogen) atoms. The molecule has 2 bridgehead atoms. The van der Waals surface area contributed by atoms with E-state index in [4.69, 9.17) is 0 Å². The van der Waals surface area contributed by atoms with Gasteiger partial charge in [-0.15, -0.1) is 0 Å². The Hall–Kier alpha value is -0.640. The first-order valence-corrected chi connectivity index (χ1v) is 6.86. The Balaban J connectivity index is 1.88. The number of rotatable bonds is 1. The van der Waals surface area contributed by atoms with Crippen LogP contribution < -0.4 is 4.90 Å². The third-order valence-electron chi connectivity index (χ3n) is 3.67. The minimum atomic E-state index is 0.644. The standard InChI is InChI=1S/C12H16BrN3/c1-8-6-14-12(15-7-8)16-10-2-3-11(16)5-9(13)4-10/h6-7,9-11H,2-5H2,1H3. The van der Waals surface area contributed by atoms with Crippen molar-refractivity contribution in [3.05, 3.63) is 18.0 Å². The fraction of sp³-hybridized carbons (Fsp3) is 0.667. The van der Waals surface area contributed by atoms with Crippen molar-refractivity contribution in [2.45, 2.75) is 49.5 Å². The molecule has 86 valence electrons. The van der Waals surface area contributed by atoms with E-state index in [1.807, 2.05) is 19.3 Å². The van der Waals surface area contributed by atoms with Gasteiger partial charge in [-0.25, -0.2) is 9.97 Å². The van der Waals surface area contributed by atoms with Crippen molar-refractivity contribution >= 4 is 21.9 Å². The lowest BCUT2D eigenvalue weighted by atomic mass is 10.0. The van der Waals surface area contributed by atoms with E-state index >= 15 is 0 Å². The summed E-state index contributed by atoms with van der Waals surface area (Å²) in [5, 5.41) is 0. The number of aromatic nitrogens is 2. The van der Waals surface area contributed by atoms with Crippen LogP contribution in [-0.2, 0) is 0 Å². The molecule has 3 rings (SSSR count). The Bertz CT molecular complexity index is 364. The van der Waals surface area contributed by atoms with Gasteiger partial charge in [0, 0.05) is 29.3 Å². The number of alkyl halides is 1. The van der Waals surface area contributed by atoms with Crippen molar-refractivity contribution in [3.8, 4) is 0 Å². The molecule has 3 heterocycles. The largest absolute Gasteiger partial charge is 0.335 e. The van der Waals surface area contributed by atoms with Gasteiger partial charge in [0.25, 0.3) is 0 Å². The number of piperidine rings is 1. The summed E-state index contributed by atoms with van der Waals surface area (Å²) < 4.78 is 0. The number of aryl methyl sites for hydroxylation is 1. The molecule has 2 fully saturated rings. The van der Waals surface area contributed by atoms with Crippen LogP contribution in [-0.4, -0.2) is 26.9 Å². The monoisotopic (exact) mass is 281 g/mol. The minimum absolute atomic E-state index is 0.644. The van der Waals surface area contributed by atoms with Gasteiger partial charge in [-0.3, -0.25) is 0 Å². The summed E-state index contributed by atoms with van der Waals surface area (Å²) in [6, 6.07) is 1.29. The predicted octanol–water partition coefficient (Wildman–Crippen LogP) is 2.68. The zero-order valence-corrected chi connectivity index (χ0v) is 11.0. The first kappa shape index (κ1) is 10.5. The van der Waals surface area contributed by atoms with Crippen LogP contribution in [0.25, 0.3) is 0 Å². The zero-order valence-electron chi connectivity index (χ0n) is 9.43. The Labute approximate surface area is 104 Å². The highest BCUT2D eigenvalue weighted by Crippen LogP contribution is 2.39. The van der Waals surface area contributed by atoms with Gasteiger partial charge in [0.1, 0.15) is 0 Å². The molecule has 2 unspecified atom stereocenters. The lowest BCUT2D eigenvalue weighted by Crippen LogP contribution is -2.44. The Kier molecular flexibility index (Phi) is 2.62. The highest BCUT2D eigenvalue weighted by Gasteiger charge is 2.41. The molecule has 1 aromatic rings. The first-order chi connectivity index (χ1) is 7.74. The average Bonchev–Trinajstić information content (AvgIpc) is 2.54. The van der Waals surface area contributed by atoms with Crippen LogP contribution in [0.5, 0.6) is 0 Å². The maximum atomic E-state index is 4.47. The van der Waals surface area contributed by atoms with E-state index in [0.29, 0.717) is 16.9 Å². The molecule has 0 N–H and O–H groups in total. The second-order valence-corrected chi connectivity index (χ2v) is 6.22. The molecular formula is C12H16BrN3. The zero-order chi connectivity index (χ0) is 11.1. The molecule has 2 saturated heterocycles. The first-order valence-electron chi connectivity index (χ1n) is 5.95. The average molecular weight is 282 g/mol. The van der Waals surface area contributed by atoms with Crippen LogP contribution in [0.3, 0.4) is 0 Å². The van der Waals surface area contributed by atoms with E-state index in [1.54, 1.807) is 0 Å². The number of anilines is 1. The predicted molar refractivity (Wildman–Crippen MR) is 68.0 cm³/mol. The molecule has 0 amide bonds. The molecular weight excluding hydrogens is 266 g/mol. The van der Waals surface area contributed by atoms with Crippen LogP contribution in [0.2, 0.25) is 0 Å². The molecule has 0 saturated carbocycles. The van der Waals surface area contributed by atoms with E-state index < -0.39 is 0 Å². The molecule has 0 aromatic carbocycles. The van der Waals surface area contributed by atoms with Crippen LogP contribution in [0, 0.1) is 6.92 Å². The second kappa shape index (κ2) is 3.99. The lowest BCUT2D eigenvalue weighted by Gasteiger charge is -2.37. The Morgan fingerprint density at radius 2 is 1.75 bits per heavy atom. The maximum absolute atomic E-state index is 4.47. The van der Waals surface area contributed by atoms with Gasteiger partial charge in [0.15, 0.2) is 0 Å². The number of nitrogens with zero attached hydrogens (tertiary/aromatic N) is 3. The molecule has 0 spiro atoms. The number of fused-ring (bicyclic) bond motifs is 2. The maximum Gasteiger partial charge on any atom is 0.225 e. The number of halogens is 1. The number of hydrogen-bond acceptors (Lipinski definition) is 3. The molecule has 0 aliphatic carbocycles. The lowest BCUT2D eigenvalue weighted by molar-refractivity contribution is 0.475. The van der Waals surface area contributed by atoms with Crippen LogP contribution in [0.4, 0.5) is 5.95 Å². The quantitative estimate of drug-likeness (QED) is 0.742. The molecule has 0 radical (unpaired) electrons. The third-order valence-corrected chi connectivity index (χ3v) is 4.42. The van der Waals surface area contributed by atoms with Crippen LogP contribution in [0.15, 0.2) is 12.4 Å². The summed E-state index contributed by atoms with van der Waals surface area (Å²) in [7, 11) is 0. The topological polar surface area (TPSA) is 29.0 Å². The van der Waals surface area contributed by atoms with Crippen molar-refractivity contribution in [2.24, 2.45) is 0 Å². The second-order valence-electron chi connectivity index (χ2n) is 4.92. The summed E-state index contributed by atoms with van der Waals surface area (Å²) in [5.41, 5.74) is 1.13. The van der Waals surface area contributed by atoms with Crippen molar-refractivity contribution in [3.63, 3.8) is 0 Å². The van der Waals surface area contributed by atoms with E-state index in [-0.39, 0.29) is 0 Å². The van der Waals surface area contributed by atoms with Crippen molar-refractivity contribution in [1.29, 1.82) is 0 Å². The van der Waals surface area contributed by atoms with Gasteiger partial charge in [-0.2, -0.15) is 0 Å². The van der Waals surface area contributed by atoms with E-state index in [0.717, 1.165) is 11.5 Å². The van der Waals surface area contributed by atoms with Crippen molar-refractivity contribution in [2.75, 3.05) is 4.90 Å². The van der Waals surface area contributed by atoms with Crippen molar-refractivity contribution in [1.82, 2.24) is 9.97 Å². The smallest absolute Gasteiger partial charge is 0.225 e. The van der Waals surface area contributed by atoms with Gasteiger partial charge in [-0.05, 0) is 38.2 Å². The highest BCUT2D eigenvalue weighted by atomic mass is 79.9. The van der Waals surface area contributed by atoms with E-state index in [9.17, 15) is 0 Å². The van der Waals surface area contributed by atoms with Crippen LogP contribution in [0.1, 0.15) is 31.2 Å². The molecule has 4 heteroatoms. The Morgan fingerprint density at radius 1 is 1.19 bits per heavy atom. The molecule has 2 atom stereocenters. The summed E-state index contributed by atoms with van der Waals surface area (Å²) in [5.74, 6) is 0.928. The molecule has 1 aromatic heterocycles. The van der Waals surface area contributed by atoms with E-state index in [1.165, 1.54) is 25.7 Å². The number of hydrogen-bond donors (Lipinski definition) is 0. The van der Waals surface area contributed by atoms with Gasteiger partial charge < -0.3 is 4.90 Å². The SMILES string of the molecule is Cc1cnc(N2C3CCC2CC(Br)C3)nc1. The summed E-state index contributed by atoms with van der Waals surface area (Å²) in [6.07, 6.45) is 8.89. The molecule has 3 nitrogen and oxygen atoms in total. The Morgan fingerprint density at radius 3 is 2.31 bits per heavy atom. The molecule has 2 aliphatic rings. The van der Waals surface area contributed by atoms with Crippen molar-refractivity contribution < 1.29 is 0 Å². The minimum Gasteiger partial charge on any atom is -0.335 e. The molecule has 2 aliphatic heterocycles. The summed E-state index contributed by atoms with van der Waals surface area (Å²) in [6.45, 7) is 2.03. The van der Waals surface area contributed by atoms with E-state index in [2.05, 4.69) is 30.8 Å². The van der Waals surface area contributed by atoms with Gasteiger partial charge >= 0.3 is 0 Å². The third kappa shape index (κ3) is 1.73. The van der Waals surface area contributed by atoms with Gasteiger partial charge in [0.05, 0.1) is 0 Å². The van der Waals surface area contributed by atoms with Crippen LogP contribution >= 0.6 is 15.9 Å².